The van der Waals surface area contributed by atoms with Crippen molar-refractivity contribution in [3.63, 3.8) is 0 Å². The van der Waals surface area contributed by atoms with E-state index in [1.54, 1.807) is 13.1 Å². The Hall–Kier alpha value is -1.65. The molecule has 0 unspecified atom stereocenters. The molecule has 2 heterocycles. The van der Waals surface area contributed by atoms with E-state index in [0.29, 0.717) is 5.89 Å². The van der Waals surface area contributed by atoms with Crippen LogP contribution in [0.15, 0.2) is 23.1 Å². The zero-order valence-electron chi connectivity index (χ0n) is 8.98. The van der Waals surface area contributed by atoms with Crippen molar-refractivity contribution in [2.45, 2.75) is 27.7 Å². The van der Waals surface area contributed by atoms with Crippen LogP contribution in [-0.2, 0) is 0 Å². The molecule has 0 aliphatic heterocycles. The van der Waals surface area contributed by atoms with E-state index < -0.39 is 0 Å². The van der Waals surface area contributed by atoms with Crippen LogP contribution in [0.3, 0.4) is 0 Å². The van der Waals surface area contributed by atoms with E-state index in [0.717, 1.165) is 5.69 Å². The standard InChI is InChI=1S/C4H6N2.C3H4N2O.C2H6/c1-4-2-3-5-6-4;1-3-4-2-5-6-3;1-2/h2-3H,1H3,(H,5,6);2H,1H3;1-2H3. The fourth-order valence-electron chi connectivity index (χ4n) is 0.554. The molecule has 0 fully saturated rings. The van der Waals surface area contributed by atoms with Gasteiger partial charge < -0.3 is 4.52 Å². The van der Waals surface area contributed by atoms with Gasteiger partial charge in [-0.3, -0.25) is 5.10 Å². The minimum absolute atomic E-state index is 0.606. The molecule has 0 atom stereocenters. The molecule has 0 spiro atoms. The summed E-state index contributed by atoms with van der Waals surface area (Å²) in [6.07, 6.45) is 3.10. The number of H-pyrrole nitrogens is 1. The molecule has 5 heteroatoms. The molecule has 78 valence electrons. The number of hydrogen-bond donors (Lipinski definition) is 1. The summed E-state index contributed by atoms with van der Waals surface area (Å²) in [5.41, 5.74) is 1.11. The second-order valence-electron chi connectivity index (χ2n) is 2.20. The molecule has 0 aromatic carbocycles. The van der Waals surface area contributed by atoms with Crippen LogP contribution in [0.4, 0.5) is 0 Å². The van der Waals surface area contributed by atoms with Gasteiger partial charge in [0.2, 0.25) is 5.89 Å². The van der Waals surface area contributed by atoms with E-state index >= 15 is 0 Å². The third-order valence-electron chi connectivity index (χ3n) is 1.11. The highest BCUT2D eigenvalue weighted by molar-refractivity contribution is 4.91. The fourth-order valence-corrected chi connectivity index (χ4v) is 0.554. The lowest BCUT2D eigenvalue weighted by Gasteiger charge is -1.68. The molecule has 2 aromatic rings. The Morgan fingerprint density at radius 1 is 1.29 bits per heavy atom. The normalized spacial score (nSPS) is 8.00. The van der Waals surface area contributed by atoms with Gasteiger partial charge in [0, 0.05) is 18.8 Å². The van der Waals surface area contributed by atoms with Crippen molar-refractivity contribution in [3.05, 3.63) is 30.2 Å². The Morgan fingerprint density at radius 2 is 2.00 bits per heavy atom. The highest BCUT2D eigenvalue weighted by Crippen LogP contribution is 1.82. The number of rotatable bonds is 0. The van der Waals surface area contributed by atoms with Gasteiger partial charge in [-0.05, 0) is 13.0 Å². The molecule has 0 aliphatic rings. The summed E-state index contributed by atoms with van der Waals surface area (Å²) < 4.78 is 4.47. The topological polar surface area (TPSA) is 67.6 Å². The van der Waals surface area contributed by atoms with Crippen LogP contribution in [-0.4, -0.2) is 20.3 Å². The molecule has 5 nitrogen and oxygen atoms in total. The summed E-state index contributed by atoms with van der Waals surface area (Å²) >= 11 is 0. The van der Waals surface area contributed by atoms with Gasteiger partial charge in [0.15, 0.2) is 6.33 Å². The van der Waals surface area contributed by atoms with E-state index in [2.05, 4.69) is 24.9 Å². The Labute approximate surface area is 83.5 Å². The first kappa shape index (κ1) is 12.3. The van der Waals surface area contributed by atoms with Crippen LogP contribution in [0.1, 0.15) is 25.4 Å². The summed E-state index contributed by atoms with van der Waals surface area (Å²) in [5.74, 6) is 0.606. The van der Waals surface area contributed by atoms with Gasteiger partial charge in [0.25, 0.3) is 0 Å². The lowest BCUT2D eigenvalue weighted by molar-refractivity contribution is 0.392. The maximum absolute atomic E-state index is 4.47. The summed E-state index contributed by atoms with van der Waals surface area (Å²) in [7, 11) is 0. The Kier molecular flexibility index (Phi) is 7.03. The maximum atomic E-state index is 4.47. The van der Waals surface area contributed by atoms with Gasteiger partial charge in [-0.1, -0.05) is 19.0 Å². The first-order chi connectivity index (χ1) is 6.79. The Bertz CT molecular complexity index is 256. The van der Waals surface area contributed by atoms with E-state index in [1.807, 2.05) is 26.8 Å². The second kappa shape index (κ2) is 7.97. The summed E-state index contributed by atoms with van der Waals surface area (Å²) in [4.78, 5) is 3.64. The van der Waals surface area contributed by atoms with Crippen molar-refractivity contribution in [1.82, 2.24) is 20.3 Å². The van der Waals surface area contributed by atoms with E-state index in [1.165, 1.54) is 6.33 Å². The quantitative estimate of drug-likeness (QED) is 0.700. The molecule has 0 radical (unpaired) electrons. The van der Waals surface area contributed by atoms with Crippen LogP contribution < -0.4 is 0 Å². The van der Waals surface area contributed by atoms with Gasteiger partial charge in [0.1, 0.15) is 0 Å². The molecule has 0 bridgehead atoms. The zero-order valence-corrected chi connectivity index (χ0v) is 8.98. The minimum atomic E-state index is 0.606. The van der Waals surface area contributed by atoms with Gasteiger partial charge in [-0.2, -0.15) is 10.1 Å². The molecule has 2 rings (SSSR count). The van der Waals surface area contributed by atoms with Crippen molar-refractivity contribution in [3.8, 4) is 0 Å². The molecule has 0 saturated heterocycles. The highest BCUT2D eigenvalue weighted by atomic mass is 16.5. The lowest BCUT2D eigenvalue weighted by Crippen LogP contribution is -1.65. The fraction of sp³-hybridized carbons (Fsp3) is 0.444. The smallest absolute Gasteiger partial charge is 0.223 e. The molecule has 0 aliphatic carbocycles. The number of aromatic nitrogens is 4. The van der Waals surface area contributed by atoms with Crippen molar-refractivity contribution >= 4 is 0 Å². The summed E-state index contributed by atoms with van der Waals surface area (Å²) in [5, 5.41) is 9.78. The first-order valence-electron chi connectivity index (χ1n) is 4.48. The molecule has 0 saturated carbocycles. The average molecular weight is 196 g/mol. The molecular formula is C9H16N4O. The predicted molar refractivity (Wildman–Crippen MR) is 53.7 cm³/mol. The van der Waals surface area contributed by atoms with Crippen LogP contribution in [0.5, 0.6) is 0 Å². The zero-order chi connectivity index (χ0) is 10.8. The molecule has 1 N–H and O–H groups in total. The van der Waals surface area contributed by atoms with Crippen molar-refractivity contribution in [2.75, 3.05) is 0 Å². The highest BCUT2D eigenvalue weighted by Gasteiger charge is 1.79. The van der Waals surface area contributed by atoms with Crippen molar-refractivity contribution in [2.24, 2.45) is 0 Å². The summed E-state index contributed by atoms with van der Waals surface area (Å²) in [6.45, 7) is 7.71. The van der Waals surface area contributed by atoms with Crippen LogP contribution in [0.2, 0.25) is 0 Å². The third-order valence-corrected chi connectivity index (χ3v) is 1.11. The van der Waals surface area contributed by atoms with Crippen LogP contribution in [0, 0.1) is 13.8 Å². The van der Waals surface area contributed by atoms with E-state index in [4.69, 9.17) is 0 Å². The maximum Gasteiger partial charge on any atom is 0.223 e. The van der Waals surface area contributed by atoms with Crippen LogP contribution >= 0.6 is 0 Å². The minimum Gasteiger partial charge on any atom is -0.340 e. The Balaban J connectivity index is 0.000000206. The van der Waals surface area contributed by atoms with Gasteiger partial charge in [-0.25, -0.2) is 0 Å². The lowest BCUT2D eigenvalue weighted by atomic mass is 10.5. The van der Waals surface area contributed by atoms with Gasteiger partial charge in [0.05, 0.1) is 0 Å². The Morgan fingerprint density at radius 3 is 2.14 bits per heavy atom. The van der Waals surface area contributed by atoms with E-state index in [9.17, 15) is 0 Å². The van der Waals surface area contributed by atoms with Gasteiger partial charge in [-0.15, -0.1) is 0 Å². The predicted octanol–water partition coefficient (Wildman–Crippen LogP) is 2.12. The van der Waals surface area contributed by atoms with Gasteiger partial charge >= 0.3 is 0 Å². The first-order valence-corrected chi connectivity index (χ1v) is 4.48. The second-order valence-corrected chi connectivity index (χ2v) is 2.20. The average Bonchev–Trinajstić information content (AvgIpc) is 2.83. The monoisotopic (exact) mass is 196 g/mol. The van der Waals surface area contributed by atoms with Crippen molar-refractivity contribution < 1.29 is 4.52 Å². The van der Waals surface area contributed by atoms with Crippen LogP contribution in [0.25, 0.3) is 0 Å². The molecule has 14 heavy (non-hydrogen) atoms. The number of nitrogens with zero attached hydrogens (tertiary/aromatic N) is 3. The third kappa shape index (κ3) is 5.93. The number of aryl methyl sites for hydroxylation is 2. The molecule has 0 amide bonds. The summed E-state index contributed by atoms with van der Waals surface area (Å²) in [6, 6.07) is 1.92. The number of aromatic amines is 1. The van der Waals surface area contributed by atoms with E-state index in [-0.39, 0.29) is 0 Å². The largest absolute Gasteiger partial charge is 0.340 e. The molecular weight excluding hydrogens is 180 g/mol. The SMILES string of the molecule is CC.Cc1ccn[nH]1.Cc1ncno1. The number of nitrogens with one attached hydrogen (secondary N) is 1. The molecule has 2 aromatic heterocycles. The number of hydrogen-bond acceptors (Lipinski definition) is 4. The van der Waals surface area contributed by atoms with Crippen molar-refractivity contribution in [1.29, 1.82) is 0 Å².